The molecule has 0 saturated heterocycles. The number of nitrogens with one attached hydrogen (secondary N) is 2. The molecule has 8 heteroatoms. The Morgan fingerprint density at radius 3 is 2.74 bits per heavy atom. The van der Waals surface area contributed by atoms with Crippen molar-refractivity contribution in [1.29, 1.82) is 0 Å². The van der Waals surface area contributed by atoms with Crippen LogP contribution in [0.2, 0.25) is 0 Å². The van der Waals surface area contributed by atoms with Crippen LogP contribution >= 0.6 is 0 Å². The number of nitrogens with zero attached hydrogens (tertiary/aromatic N) is 2. The van der Waals surface area contributed by atoms with E-state index in [9.17, 15) is 13.2 Å². The SMILES string of the molecule is Cc1nc(NCc2ccc(-c3cccc(C(F)(F)F)c3)o2)n[nH]1. The zero-order valence-corrected chi connectivity index (χ0v) is 12.1. The van der Waals surface area contributed by atoms with Crippen LogP contribution in [0.1, 0.15) is 17.1 Å². The van der Waals surface area contributed by atoms with E-state index in [-0.39, 0.29) is 0 Å². The maximum Gasteiger partial charge on any atom is 0.416 e. The van der Waals surface area contributed by atoms with Gasteiger partial charge in [0, 0.05) is 5.56 Å². The molecule has 0 spiro atoms. The molecule has 0 aliphatic rings. The van der Waals surface area contributed by atoms with Gasteiger partial charge in [-0.25, -0.2) is 0 Å². The number of halogens is 3. The molecular formula is C15H13F3N4O. The van der Waals surface area contributed by atoms with E-state index in [4.69, 9.17) is 4.42 Å². The van der Waals surface area contributed by atoms with Gasteiger partial charge in [-0.15, -0.1) is 5.10 Å². The Morgan fingerprint density at radius 1 is 1.22 bits per heavy atom. The zero-order valence-electron chi connectivity index (χ0n) is 12.1. The summed E-state index contributed by atoms with van der Waals surface area (Å²) in [6, 6.07) is 8.35. The molecule has 3 rings (SSSR count). The standard InChI is InChI=1S/C15H13F3N4O/c1-9-20-14(22-21-9)19-8-12-5-6-13(23-12)10-3-2-4-11(7-10)15(16,17)18/h2-7H,8H2,1H3,(H2,19,20,21,22). The van der Waals surface area contributed by atoms with Gasteiger partial charge in [-0.05, 0) is 31.2 Å². The molecule has 5 nitrogen and oxygen atoms in total. The number of hydrogen-bond acceptors (Lipinski definition) is 4. The van der Waals surface area contributed by atoms with Crippen LogP contribution in [0, 0.1) is 6.92 Å². The molecule has 0 aliphatic heterocycles. The molecule has 2 heterocycles. The van der Waals surface area contributed by atoms with E-state index in [0.717, 1.165) is 12.1 Å². The molecule has 1 aromatic carbocycles. The number of rotatable bonds is 4. The van der Waals surface area contributed by atoms with E-state index in [0.29, 0.717) is 35.4 Å². The van der Waals surface area contributed by atoms with Gasteiger partial charge in [0.2, 0.25) is 5.95 Å². The molecular weight excluding hydrogens is 309 g/mol. The highest BCUT2D eigenvalue weighted by molar-refractivity contribution is 5.59. The summed E-state index contributed by atoms with van der Waals surface area (Å²) in [5.41, 5.74) is -0.331. The van der Waals surface area contributed by atoms with Crippen molar-refractivity contribution in [3.63, 3.8) is 0 Å². The van der Waals surface area contributed by atoms with Gasteiger partial charge in [-0.1, -0.05) is 12.1 Å². The Kier molecular flexibility index (Phi) is 3.81. The van der Waals surface area contributed by atoms with Crippen LogP contribution in [0.3, 0.4) is 0 Å². The van der Waals surface area contributed by atoms with Crippen LogP contribution in [0.25, 0.3) is 11.3 Å². The largest absolute Gasteiger partial charge is 0.459 e. The molecule has 3 aromatic rings. The molecule has 0 aliphatic carbocycles. The second-order valence-electron chi connectivity index (χ2n) is 4.94. The maximum absolute atomic E-state index is 12.7. The van der Waals surface area contributed by atoms with Gasteiger partial charge >= 0.3 is 6.18 Å². The van der Waals surface area contributed by atoms with Gasteiger partial charge in [-0.2, -0.15) is 18.2 Å². The van der Waals surface area contributed by atoms with Crippen molar-refractivity contribution in [3.05, 3.63) is 53.5 Å². The second kappa shape index (κ2) is 5.79. The highest BCUT2D eigenvalue weighted by Gasteiger charge is 2.30. The minimum atomic E-state index is -4.38. The molecule has 2 aromatic heterocycles. The fraction of sp³-hybridized carbons (Fsp3) is 0.200. The van der Waals surface area contributed by atoms with Crippen LogP contribution in [0.5, 0.6) is 0 Å². The number of aryl methyl sites for hydroxylation is 1. The predicted octanol–water partition coefficient (Wildman–Crippen LogP) is 4.00. The third kappa shape index (κ3) is 3.53. The van der Waals surface area contributed by atoms with Crippen LogP contribution in [0.15, 0.2) is 40.8 Å². The highest BCUT2D eigenvalue weighted by Crippen LogP contribution is 2.32. The van der Waals surface area contributed by atoms with Crippen LogP contribution in [0.4, 0.5) is 19.1 Å². The van der Waals surface area contributed by atoms with Crippen molar-refractivity contribution in [1.82, 2.24) is 15.2 Å². The quantitative estimate of drug-likeness (QED) is 0.762. The Labute approximate surface area is 129 Å². The number of hydrogen-bond donors (Lipinski definition) is 2. The summed E-state index contributed by atoms with van der Waals surface area (Å²) in [6.07, 6.45) is -4.38. The van der Waals surface area contributed by atoms with Gasteiger partial charge in [0.25, 0.3) is 0 Å². The lowest BCUT2D eigenvalue weighted by molar-refractivity contribution is -0.137. The van der Waals surface area contributed by atoms with Gasteiger partial charge in [0.1, 0.15) is 17.3 Å². The third-order valence-electron chi connectivity index (χ3n) is 3.15. The number of aromatic amines is 1. The van der Waals surface area contributed by atoms with Crippen LogP contribution in [-0.2, 0) is 12.7 Å². The van der Waals surface area contributed by atoms with E-state index in [1.807, 2.05) is 0 Å². The molecule has 0 bridgehead atoms. The Hall–Kier alpha value is -2.77. The number of aromatic nitrogens is 3. The summed E-state index contributed by atoms with van der Waals surface area (Å²) in [6.45, 7) is 2.10. The summed E-state index contributed by atoms with van der Waals surface area (Å²) < 4.78 is 43.8. The minimum Gasteiger partial charge on any atom is -0.459 e. The van der Waals surface area contributed by atoms with E-state index < -0.39 is 11.7 Å². The topological polar surface area (TPSA) is 66.7 Å². The Morgan fingerprint density at radius 2 is 2.04 bits per heavy atom. The van der Waals surface area contributed by atoms with Gasteiger partial charge in [0.05, 0.1) is 12.1 Å². The molecule has 0 amide bonds. The molecule has 0 unspecified atom stereocenters. The van der Waals surface area contributed by atoms with E-state index in [2.05, 4.69) is 20.5 Å². The normalized spacial score (nSPS) is 11.7. The summed E-state index contributed by atoms with van der Waals surface area (Å²) >= 11 is 0. The first kappa shape index (κ1) is 15.1. The lowest BCUT2D eigenvalue weighted by Gasteiger charge is -2.07. The van der Waals surface area contributed by atoms with Gasteiger partial charge in [0.15, 0.2) is 0 Å². The third-order valence-corrected chi connectivity index (χ3v) is 3.15. The Balaban J connectivity index is 1.74. The molecule has 0 fully saturated rings. The van der Waals surface area contributed by atoms with Gasteiger partial charge in [-0.3, -0.25) is 5.10 Å². The molecule has 2 N–H and O–H groups in total. The fourth-order valence-corrected chi connectivity index (χ4v) is 2.06. The first-order valence-electron chi connectivity index (χ1n) is 6.81. The number of H-pyrrole nitrogens is 1. The zero-order chi connectivity index (χ0) is 16.4. The molecule has 0 radical (unpaired) electrons. The Bertz CT molecular complexity index is 807. The highest BCUT2D eigenvalue weighted by atomic mass is 19.4. The lowest BCUT2D eigenvalue weighted by atomic mass is 10.1. The minimum absolute atomic E-state index is 0.330. The van der Waals surface area contributed by atoms with Crippen molar-refractivity contribution in [3.8, 4) is 11.3 Å². The maximum atomic E-state index is 12.7. The van der Waals surface area contributed by atoms with E-state index >= 15 is 0 Å². The summed E-state index contributed by atoms with van der Waals surface area (Å²) in [7, 11) is 0. The smallest absolute Gasteiger partial charge is 0.416 e. The molecule has 0 atom stereocenters. The number of anilines is 1. The molecule has 23 heavy (non-hydrogen) atoms. The average molecular weight is 322 g/mol. The first-order chi connectivity index (χ1) is 10.9. The van der Waals surface area contributed by atoms with Crippen molar-refractivity contribution in [2.75, 3.05) is 5.32 Å². The number of furan rings is 1. The lowest BCUT2D eigenvalue weighted by Crippen LogP contribution is -2.04. The van der Waals surface area contributed by atoms with Crippen molar-refractivity contribution >= 4 is 5.95 Å². The molecule has 120 valence electrons. The fourth-order valence-electron chi connectivity index (χ4n) is 2.06. The summed E-state index contributed by atoms with van der Waals surface area (Å²) in [5, 5.41) is 9.57. The van der Waals surface area contributed by atoms with Crippen molar-refractivity contribution in [2.24, 2.45) is 0 Å². The van der Waals surface area contributed by atoms with Gasteiger partial charge < -0.3 is 9.73 Å². The predicted molar refractivity (Wildman–Crippen MR) is 77.6 cm³/mol. The number of alkyl halides is 3. The van der Waals surface area contributed by atoms with Crippen molar-refractivity contribution in [2.45, 2.75) is 19.6 Å². The van der Waals surface area contributed by atoms with Crippen molar-refractivity contribution < 1.29 is 17.6 Å². The number of benzene rings is 1. The summed E-state index contributed by atoms with van der Waals surface area (Å²) in [4.78, 5) is 4.08. The summed E-state index contributed by atoms with van der Waals surface area (Å²) in [5.74, 6) is 2.05. The second-order valence-corrected chi connectivity index (χ2v) is 4.94. The van der Waals surface area contributed by atoms with Crippen LogP contribution in [-0.4, -0.2) is 15.2 Å². The monoisotopic (exact) mass is 322 g/mol. The molecule has 0 saturated carbocycles. The van der Waals surface area contributed by atoms with E-state index in [1.54, 1.807) is 25.1 Å². The average Bonchev–Trinajstić information content (AvgIpc) is 3.13. The van der Waals surface area contributed by atoms with E-state index in [1.165, 1.54) is 6.07 Å². The van der Waals surface area contributed by atoms with Crippen LogP contribution < -0.4 is 5.32 Å². The first-order valence-corrected chi connectivity index (χ1v) is 6.81.